The van der Waals surface area contributed by atoms with Crippen LogP contribution >= 0.6 is 34.8 Å². The average molecular weight is 293 g/mol. The Kier molecular flexibility index (Phi) is 4.98. The van der Waals surface area contributed by atoms with Crippen molar-refractivity contribution >= 4 is 34.8 Å². The van der Waals surface area contributed by atoms with Crippen molar-refractivity contribution in [2.75, 3.05) is 0 Å². The van der Waals surface area contributed by atoms with Crippen LogP contribution in [0.3, 0.4) is 0 Å². The molecular formula is C13H16Cl3N. The molecule has 0 radical (unpaired) electrons. The van der Waals surface area contributed by atoms with Gasteiger partial charge >= 0.3 is 0 Å². The van der Waals surface area contributed by atoms with Gasteiger partial charge in [0.05, 0.1) is 10.0 Å². The van der Waals surface area contributed by atoms with E-state index in [1.807, 2.05) is 18.2 Å². The zero-order chi connectivity index (χ0) is 12.3. The number of halogens is 3. The summed E-state index contributed by atoms with van der Waals surface area (Å²) >= 11 is 17.9. The van der Waals surface area contributed by atoms with Gasteiger partial charge in [-0.25, -0.2) is 0 Å². The van der Waals surface area contributed by atoms with Crippen LogP contribution in [-0.4, -0.2) is 11.4 Å². The summed E-state index contributed by atoms with van der Waals surface area (Å²) < 4.78 is 0. The van der Waals surface area contributed by atoms with Gasteiger partial charge < -0.3 is 5.32 Å². The Morgan fingerprint density at radius 2 is 1.76 bits per heavy atom. The quantitative estimate of drug-likeness (QED) is 0.801. The molecule has 1 saturated carbocycles. The van der Waals surface area contributed by atoms with Gasteiger partial charge in [-0.2, -0.15) is 0 Å². The van der Waals surface area contributed by atoms with E-state index in [0.717, 1.165) is 32.2 Å². The number of hydrogen-bond donors (Lipinski definition) is 1. The van der Waals surface area contributed by atoms with E-state index in [0.29, 0.717) is 21.5 Å². The largest absolute Gasteiger partial charge is 0.310 e. The molecule has 0 aliphatic heterocycles. The predicted molar refractivity (Wildman–Crippen MR) is 75.2 cm³/mol. The van der Waals surface area contributed by atoms with Crippen molar-refractivity contribution in [1.29, 1.82) is 0 Å². The van der Waals surface area contributed by atoms with Crippen LogP contribution in [0.5, 0.6) is 0 Å². The molecule has 1 nitrogen and oxygen atoms in total. The number of rotatable bonds is 3. The van der Waals surface area contributed by atoms with Gasteiger partial charge in [-0.1, -0.05) is 29.3 Å². The molecule has 1 aliphatic rings. The van der Waals surface area contributed by atoms with E-state index >= 15 is 0 Å². The molecule has 0 bridgehead atoms. The van der Waals surface area contributed by atoms with Crippen molar-refractivity contribution < 1.29 is 0 Å². The average Bonchev–Trinajstić information content (AvgIpc) is 2.33. The molecule has 0 saturated heterocycles. The van der Waals surface area contributed by atoms with Crippen molar-refractivity contribution in [2.45, 2.75) is 43.6 Å². The second-order valence-electron chi connectivity index (χ2n) is 4.58. The standard InChI is InChI=1S/C13H16Cl3N/c14-10-2-4-11(5-3-10)17-8-9-1-6-12(15)13(16)7-9/h1,6-7,10-11,17H,2-5,8H2. The van der Waals surface area contributed by atoms with Gasteiger partial charge in [0.1, 0.15) is 0 Å². The van der Waals surface area contributed by atoms with Gasteiger partial charge in [0.2, 0.25) is 0 Å². The highest BCUT2D eigenvalue weighted by molar-refractivity contribution is 6.42. The number of benzene rings is 1. The van der Waals surface area contributed by atoms with Crippen LogP contribution in [0.15, 0.2) is 18.2 Å². The lowest BCUT2D eigenvalue weighted by molar-refractivity contribution is 0.376. The Morgan fingerprint density at radius 3 is 2.41 bits per heavy atom. The third-order valence-electron chi connectivity index (χ3n) is 3.24. The molecule has 1 N–H and O–H groups in total. The minimum atomic E-state index is 0.373. The lowest BCUT2D eigenvalue weighted by Gasteiger charge is -2.26. The fourth-order valence-corrected chi connectivity index (χ4v) is 2.74. The molecule has 17 heavy (non-hydrogen) atoms. The summed E-state index contributed by atoms with van der Waals surface area (Å²) in [7, 11) is 0. The molecule has 0 unspecified atom stereocenters. The van der Waals surface area contributed by atoms with Gasteiger partial charge in [0.15, 0.2) is 0 Å². The van der Waals surface area contributed by atoms with E-state index < -0.39 is 0 Å². The first-order chi connectivity index (χ1) is 8.15. The van der Waals surface area contributed by atoms with Crippen LogP contribution in [0.25, 0.3) is 0 Å². The van der Waals surface area contributed by atoms with Crippen LogP contribution in [0.1, 0.15) is 31.2 Å². The van der Waals surface area contributed by atoms with E-state index in [1.165, 1.54) is 5.56 Å². The third kappa shape index (κ3) is 4.03. The lowest BCUT2D eigenvalue weighted by atomic mass is 9.95. The molecule has 0 spiro atoms. The molecule has 94 valence electrons. The Balaban J connectivity index is 1.83. The molecule has 4 heteroatoms. The molecule has 1 aliphatic carbocycles. The Morgan fingerprint density at radius 1 is 1.06 bits per heavy atom. The van der Waals surface area contributed by atoms with Gasteiger partial charge in [-0.15, -0.1) is 11.6 Å². The maximum Gasteiger partial charge on any atom is 0.0595 e. The lowest BCUT2D eigenvalue weighted by Crippen LogP contribution is -2.32. The van der Waals surface area contributed by atoms with E-state index in [-0.39, 0.29) is 0 Å². The summed E-state index contributed by atoms with van der Waals surface area (Å²) in [5, 5.41) is 5.15. The molecule has 2 rings (SSSR count). The summed E-state index contributed by atoms with van der Waals surface area (Å²) in [5.41, 5.74) is 1.17. The van der Waals surface area contributed by atoms with Crippen LogP contribution in [-0.2, 0) is 6.54 Å². The second-order valence-corrected chi connectivity index (χ2v) is 6.01. The maximum atomic E-state index is 6.08. The number of alkyl halides is 1. The normalized spacial score (nSPS) is 24.9. The summed E-state index contributed by atoms with van der Waals surface area (Å²) in [5.74, 6) is 0. The fourth-order valence-electron chi connectivity index (χ4n) is 2.17. The monoisotopic (exact) mass is 291 g/mol. The molecular weight excluding hydrogens is 277 g/mol. The minimum absolute atomic E-state index is 0.373. The van der Waals surface area contributed by atoms with Crippen molar-refractivity contribution in [2.24, 2.45) is 0 Å². The zero-order valence-electron chi connectivity index (χ0n) is 9.56. The van der Waals surface area contributed by atoms with Crippen LogP contribution in [0.4, 0.5) is 0 Å². The summed E-state index contributed by atoms with van der Waals surface area (Å²) in [6, 6.07) is 6.36. The fraction of sp³-hybridized carbons (Fsp3) is 0.538. The van der Waals surface area contributed by atoms with Gasteiger partial charge in [0, 0.05) is 18.0 Å². The van der Waals surface area contributed by atoms with Crippen molar-refractivity contribution in [1.82, 2.24) is 5.32 Å². The van der Waals surface area contributed by atoms with E-state index in [9.17, 15) is 0 Å². The molecule has 0 atom stereocenters. The minimum Gasteiger partial charge on any atom is -0.310 e. The highest BCUT2D eigenvalue weighted by atomic mass is 35.5. The molecule has 0 heterocycles. The maximum absolute atomic E-state index is 6.08. The first-order valence-corrected chi connectivity index (χ1v) is 7.16. The molecule has 0 amide bonds. The van der Waals surface area contributed by atoms with E-state index in [4.69, 9.17) is 34.8 Å². The molecule has 1 aromatic carbocycles. The highest BCUT2D eigenvalue weighted by Gasteiger charge is 2.18. The topological polar surface area (TPSA) is 12.0 Å². The van der Waals surface area contributed by atoms with Crippen LogP contribution in [0, 0.1) is 0 Å². The molecule has 1 aromatic rings. The Labute approximate surface area is 117 Å². The van der Waals surface area contributed by atoms with Crippen molar-refractivity contribution in [3.8, 4) is 0 Å². The van der Waals surface area contributed by atoms with Crippen molar-refractivity contribution in [3.05, 3.63) is 33.8 Å². The highest BCUT2D eigenvalue weighted by Crippen LogP contribution is 2.24. The van der Waals surface area contributed by atoms with E-state index in [2.05, 4.69) is 5.32 Å². The van der Waals surface area contributed by atoms with Gasteiger partial charge in [0.25, 0.3) is 0 Å². The van der Waals surface area contributed by atoms with E-state index in [1.54, 1.807) is 0 Å². The van der Waals surface area contributed by atoms with Crippen LogP contribution < -0.4 is 5.32 Å². The van der Waals surface area contributed by atoms with Crippen molar-refractivity contribution in [3.63, 3.8) is 0 Å². The van der Waals surface area contributed by atoms with Gasteiger partial charge in [-0.3, -0.25) is 0 Å². The Hall–Kier alpha value is 0.0500. The molecule has 0 aromatic heterocycles. The Bertz CT molecular complexity index is 373. The zero-order valence-corrected chi connectivity index (χ0v) is 11.8. The first kappa shape index (κ1) is 13.5. The first-order valence-electron chi connectivity index (χ1n) is 5.96. The van der Waals surface area contributed by atoms with Crippen LogP contribution in [0.2, 0.25) is 10.0 Å². The predicted octanol–water partition coefficient (Wildman–Crippen LogP) is 4.63. The van der Waals surface area contributed by atoms with Gasteiger partial charge in [-0.05, 0) is 43.4 Å². The summed E-state index contributed by atoms with van der Waals surface area (Å²) in [6.45, 7) is 0.842. The second kappa shape index (κ2) is 6.29. The number of hydrogen-bond acceptors (Lipinski definition) is 1. The number of nitrogens with one attached hydrogen (secondary N) is 1. The molecule has 1 fully saturated rings. The summed E-state index contributed by atoms with van der Waals surface area (Å²) in [4.78, 5) is 0. The third-order valence-corrected chi connectivity index (χ3v) is 4.41. The summed E-state index contributed by atoms with van der Waals surface area (Å²) in [6.07, 6.45) is 4.55. The smallest absolute Gasteiger partial charge is 0.0595 e. The SMILES string of the molecule is Clc1ccc(CNC2CCC(Cl)CC2)cc1Cl.